The Balaban J connectivity index is 0.000000344. The summed E-state index contributed by atoms with van der Waals surface area (Å²) in [6.07, 6.45) is 3.39. The number of likely N-dealkylation sites (tertiary alicyclic amines) is 1. The Bertz CT molecular complexity index is 1250. The highest BCUT2D eigenvalue weighted by Crippen LogP contribution is 2.28. The molecular weight excluding hydrogens is 469 g/mol. The Labute approximate surface area is 197 Å². The van der Waals surface area contributed by atoms with Gasteiger partial charge in [0.15, 0.2) is 11.5 Å². The summed E-state index contributed by atoms with van der Waals surface area (Å²) in [7, 11) is 1.97. The van der Waals surface area contributed by atoms with Crippen molar-refractivity contribution in [1.29, 1.82) is 0 Å². The molecular formula is C22H23F3N6O2S. The van der Waals surface area contributed by atoms with E-state index in [-0.39, 0.29) is 0 Å². The summed E-state index contributed by atoms with van der Waals surface area (Å²) in [5.74, 6) is -1.40. The average Bonchev–Trinajstić information content (AvgIpc) is 3.54. The van der Waals surface area contributed by atoms with Crippen molar-refractivity contribution in [2.24, 2.45) is 7.05 Å². The Hall–Kier alpha value is -3.25. The number of halogens is 3. The largest absolute Gasteiger partial charge is 0.490 e. The van der Waals surface area contributed by atoms with E-state index in [1.807, 2.05) is 22.4 Å². The van der Waals surface area contributed by atoms with Crippen LogP contribution < -0.4 is 0 Å². The smallest absolute Gasteiger partial charge is 0.475 e. The number of aromatic nitrogens is 5. The Morgan fingerprint density at radius 3 is 2.71 bits per heavy atom. The fourth-order valence-electron chi connectivity index (χ4n) is 3.88. The molecule has 0 amide bonds. The van der Waals surface area contributed by atoms with Gasteiger partial charge in [0.1, 0.15) is 0 Å². The van der Waals surface area contributed by atoms with Crippen LogP contribution in [-0.2, 0) is 18.4 Å². The van der Waals surface area contributed by atoms with E-state index in [0.29, 0.717) is 5.92 Å². The lowest BCUT2D eigenvalue weighted by Crippen LogP contribution is -2.34. The number of fused-ring (bicyclic) bond motifs is 1. The van der Waals surface area contributed by atoms with Gasteiger partial charge >= 0.3 is 12.1 Å². The summed E-state index contributed by atoms with van der Waals surface area (Å²) in [6, 6.07) is 8.42. The number of piperidine rings is 1. The lowest BCUT2D eigenvalue weighted by atomic mass is 9.97. The van der Waals surface area contributed by atoms with Crippen molar-refractivity contribution >= 4 is 23.0 Å². The number of hydrogen-bond acceptors (Lipinski definition) is 6. The number of rotatable bonds is 4. The highest BCUT2D eigenvalue weighted by atomic mass is 32.1. The number of carbonyl (C=O) groups is 1. The van der Waals surface area contributed by atoms with E-state index >= 15 is 0 Å². The van der Waals surface area contributed by atoms with Gasteiger partial charge < -0.3 is 5.11 Å². The molecule has 1 aliphatic rings. The average molecular weight is 493 g/mol. The van der Waals surface area contributed by atoms with Crippen molar-refractivity contribution in [2.75, 3.05) is 13.1 Å². The first-order valence-corrected chi connectivity index (χ1v) is 11.5. The van der Waals surface area contributed by atoms with Crippen LogP contribution in [-0.4, -0.2) is 59.6 Å². The van der Waals surface area contributed by atoms with Crippen molar-refractivity contribution in [3.05, 3.63) is 59.6 Å². The third-order valence-corrected chi connectivity index (χ3v) is 6.35. The van der Waals surface area contributed by atoms with Gasteiger partial charge in [0.05, 0.1) is 6.20 Å². The van der Waals surface area contributed by atoms with Crippen LogP contribution >= 0.6 is 11.3 Å². The van der Waals surface area contributed by atoms with Crippen molar-refractivity contribution < 1.29 is 23.1 Å². The number of thiophene rings is 1. The zero-order valence-electron chi connectivity index (χ0n) is 18.3. The molecule has 0 bridgehead atoms. The maximum atomic E-state index is 10.6. The summed E-state index contributed by atoms with van der Waals surface area (Å²) in [5.41, 5.74) is 3.38. The second-order valence-corrected chi connectivity index (χ2v) is 9.01. The lowest BCUT2D eigenvalue weighted by molar-refractivity contribution is -0.192. The molecule has 1 fully saturated rings. The molecule has 5 heterocycles. The summed E-state index contributed by atoms with van der Waals surface area (Å²) in [5, 5.41) is 18.3. The predicted molar refractivity (Wildman–Crippen MR) is 120 cm³/mol. The van der Waals surface area contributed by atoms with Crippen LogP contribution in [0.3, 0.4) is 0 Å². The number of carboxylic acids is 1. The van der Waals surface area contributed by atoms with Crippen LogP contribution in [0.25, 0.3) is 16.1 Å². The molecule has 1 aliphatic heterocycles. The van der Waals surface area contributed by atoms with Gasteiger partial charge in [-0.15, -0.1) is 11.3 Å². The number of aliphatic carboxylic acids is 1. The van der Waals surface area contributed by atoms with E-state index in [2.05, 4.69) is 52.0 Å². The molecule has 5 rings (SSSR count). The molecule has 12 heteroatoms. The molecule has 8 nitrogen and oxygen atoms in total. The Morgan fingerprint density at radius 2 is 2.06 bits per heavy atom. The molecule has 4 aromatic heterocycles. The Morgan fingerprint density at radius 1 is 1.26 bits per heavy atom. The van der Waals surface area contributed by atoms with Crippen molar-refractivity contribution in [2.45, 2.75) is 31.5 Å². The molecule has 1 atom stereocenters. The number of aryl methyl sites for hydroxylation is 1. The number of pyridine rings is 1. The van der Waals surface area contributed by atoms with E-state index in [1.54, 1.807) is 11.3 Å². The SMILES string of the molecule is Cn1cc(CN2CCCC(c3nc4ccc(-c5cccs5)cn4n3)C2)cn1.O=C(O)C(F)(F)F. The fraction of sp³-hybridized carbons (Fsp3) is 0.364. The van der Waals surface area contributed by atoms with Gasteiger partial charge in [0.2, 0.25) is 0 Å². The summed E-state index contributed by atoms with van der Waals surface area (Å²) >= 11 is 1.75. The van der Waals surface area contributed by atoms with E-state index < -0.39 is 12.1 Å². The minimum atomic E-state index is -5.08. The molecule has 1 saturated heterocycles. The third kappa shape index (κ3) is 5.81. The van der Waals surface area contributed by atoms with E-state index in [1.165, 1.54) is 22.4 Å². The van der Waals surface area contributed by atoms with Crippen LogP contribution in [0.2, 0.25) is 0 Å². The lowest BCUT2D eigenvalue weighted by Gasteiger charge is -2.30. The molecule has 34 heavy (non-hydrogen) atoms. The standard InChI is InChI=1S/C20H22N6S.C2HF3O2/c1-24-11-15(10-21-24)12-25-8-2-4-17(13-25)20-22-19-7-6-16(14-26(19)23-20)18-5-3-9-27-18;3-2(4,5)1(6)7/h3,5-7,9-11,14,17H,2,4,8,12-13H2,1H3;(H,6,7). The second-order valence-electron chi connectivity index (χ2n) is 8.07. The minimum Gasteiger partial charge on any atom is -0.475 e. The van der Waals surface area contributed by atoms with Gasteiger partial charge in [0, 0.05) is 54.5 Å². The van der Waals surface area contributed by atoms with Crippen LogP contribution in [0.15, 0.2) is 48.2 Å². The van der Waals surface area contributed by atoms with Gasteiger partial charge in [-0.05, 0) is 43.0 Å². The topological polar surface area (TPSA) is 88.5 Å². The monoisotopic (exact) mass is 492 g/mol. The highest BCUT2D eigenvalue weighted by molar-refractivity contribution is 7.13. The van der Waals surface area contributed by atoms with E-state index in [4.69, 9.17) is 20.0 Å². The predicted octanol–water partition coefficient (Wildman–Crippen LogP) is 4.20. The zero-order chi connectivity index (χ0) is 24.3. The first-order valence-electron chi connectivity index (χ1n) is 10.6. The fourth-order valence-corrected chi connectivity index (χ4v) is 4.60. The quantitative estimate of drug-likeness (QED) is 0.459. The van der Waals surface area contributed by atoms with Crippen LogP contribution in [0, 0.1) is 0 Å². The summed E-state index contributed by atoms with van der Waals surface area (Å²) in [4.78, 5) is 17.5. The molecule has 0 radical (unpaired) electrons. The van der Waals surface area contributed by atoms with Crippen LogP contribution in [0.5, 0.6) is 0 Å². The molecule has 0 spiro atoms. The maximum Gasteiger partial charge on any atom is 0.490 e. The minimum absolute atomic E-state index is 0.389. The molecule has 180 valence electrons. The van der Waals surface area contributed by atoms with Gasteiger partial charge in [-0.3, -0.25) is 9.58 Å². The zero-order valence-corrected chi connectivity index (χ0v) is 19.1. The van der Waals surface area contributed by atoms with Gasteiger partial charge in [-0.25, -0.2) is 14.3 Å². The normalized spacial score (nSPS) is 16.9. The number of carboxylic acid groups (broad SMARTS) is 1. The molecule has 1 N–H and O–H groups in total. The number of nitrogens with zero attached hydrogens (tertiary/aromatic N) is 6. The molecule has 4 aromatic rings. The van der Waals surface area contributed by atoms with Gasteiger partial charge in [-0.1, -0.05) is 6.07 Å². The molecule has 0 aromatic carbocycles. The van der Waals surface area contributed by atoms with E-state index in [0.717, 1.165) is 37.5 Å². The summed E-state index contributed by atoms with van der Waals surface area (Å²) < 4.78 is 35.5. The third-order valence-electron chi connectivity index (χ3n) is 5.43. The maximum absolute atomic E-state index is 10.6. The molecule has 0 saturated carbocycles. The molecule has 0 aliphatic carbocycles. The van der Waals surface area contributed by atoms with Gasteiger partial charge in [0.25, 0.3) is 0 Å². The number of hydrogen-bond donors (Lipinski definition) is 1. The van der Waals surface area contributed by atoms with Crippen molar-refractivity contribution in [1.82, 2.24) is 29.3 Å². The van der Waals surface area contributed by atoms with Crippen molar-refractivity contribution in [3.63, 3.8) is 0 Å². The second kappa shape index (κ2) is 9.94. The van der Waals surface area contributed by atoms with E-state index in [9.17, 15) is 13.2 Å². The number of alkyl halides is 3. The van der Waals surface area contributed by atoms with Crippen LogP contribution in [0.1, 0.15) is 30.1 Å². The first kappa shape index (κ1) is 23.9. The van der Waals surface area contributed by atoms with Gasteiger partial charge in [-0.2, -0.15) is 23.4 Å². The van der Waals surface area contributed by atoms with Crippen molar-refractivity contribution in [3.8, 4) is 10.4 Å². The Kier molecular flexibility index (Phi) is 6.98. The first-order chi connectivity index (χ1) is 16.2. The summed E-state index contributed by atoms with van der Waals surface area (Å²) in [6.45, 7) is 3.07. The molecule has 1 unspecified atom stereocenters. The highest BCUT2D eigenvalue weighted by Gasteiger charge is 2.38. The van der Waals surface area contributed by atoms with Crippen LogP contribution in [0.4, 0.5) is 13.2 Å².